The smallest absolute Gasteiger partial charge is 0.247 e. The third-order valence-corrected chi connectivity index (χ3v) is 5.24. The van der Waals surface area contributed by atoms with Gasteiger partial charge in [0.15, 0.2) is 0 Å². The van der Waals surface area contributed by atoms with Gasteiger partial charge in [-0.1, -0.05) is 35.5 Å². The van der Waals surface area contributed by atoms with Crippen LogP contribution < -0.4 is 0 Å². The second-order valence-corrected chi connectivity index (χ2v) is 7.36. The summed E-state index contributed by atoms with van der Waals surface area (Å²) < 4.78 is 5.30. The summed E-state index contributed by atoms with van der Waals surface area (Å²) in [5, 5.41) is 4.04. The number of hydrogen-bond acceptors (Lipinski definition) is 5. The SMILES string of the molecule is Cc1nc(-c2c(C)noc2C)cc([C@@H]2CCCN2C(=O)/C=C/c2ccccc2)n1. The van der Waals surface area contributed by atoms with Gasteiger partial charge in [-0.05, 0) is 51.3 Å². The molecule has 1 saturated heterocycles. The van der Waals surface area contributed by atoms with Crippen LogP contribution in [0.15, 0.2) is 47.0 Å². The average Bonchev–Trinajstić information content (AvgIpc) is 3.33. The van der Waals surface area contributed by atoms with Gasteiger partial charge >= 0.3 is 0 Å². The molecule has 29 heavy (non-hydrogen) atoms. The largest absolute Gasteiger partial charge is 0.361 e. The molecule has 1 aliphatic rings. The molecule has 0 radical (unpaired) electrons. The molecule has 6 heteroatoms. The fourth-order valence-electron chi connectivity index (χ4n) is 3.90. The molecule has 1 atom stereocenters. The molecule has 0 N–H and O–H groups in total. The van der Waals surface area contributed by atoms with Crippen molar-refractivity contribution in [2.75, 3.05) is 6.54 Å². The Labute approximate surface area is 170 Å². The van der Waals surface area contributed by atoms with Crippen molar-refractivity contribution >= 4 is 12.0 Å². The van der Waals surface area contributed by atoms with Crippen molar-refractivity contribution in [3.8, 4) is 11.3 Å². The molecule has 3 heterocycles. The Bertz CT molecular complexity index is 1040. The highest BCUT2D eigenvalue weighted by Crippen LogP contribution is 2.34. The van der Waals surface area contributed by atoms with Gasteiger partial charge < -0.3 is 9.42 Å². The summed E-state index contributed by atoms with van der Waals surface area (Å²) in [6.07, 6.45) is 5.36. The van der Waals surface area contributed by atoms with Gasteiger partial charge in [0.1, 0.15) is 11.6 Å². The minimum atomic E-state index is -0.0520. The summed E-state index contributed by atoms with van der Waals surface area (Å²) in [4.78, 5) is 24.0. The van der Waals surface area contributed by atoms with Crippen LogP contribution in [-0.2, 0) is 4.79 Å². The van der Waals surface area contributed by atoms with E-state index in [4.69, 9.17) is 4.52 Å². The first-order valence-electron chi connectivity index (χ1n) is 9.85. The van der Waals surface area contributed by atoms with Crippen molar-refractivity contribution in [3.05, 3.63) is 71.0 Å². The Kier molecular flexibility index (Phi) is 5.25. The predicted molar refractivity (Wildman–Crippen MR) is 111 cm³/mol. The molecule has 1 amide bonds. The van der Waals surface area contributed by atoms with E-state index < -0.39 is 0 Å². The number of aromatic nitrogens is 3. The van der Waals surface area contributed by atoms with Crippen LogP contribution in [-0.4, -0.2) is 32.5 Å². The molecule has 4 rings (SSSR count). The van der Waals surface area contributed by atoms with Crippen LogP contribution >= 0.6 is 0 Å². The molecule has 1 aromatic carbocycles. The van der Waals surface area contributed by atoms with Crippen molar-refractivity contribution in [1.29, 1.82) is 0 Å². The Hall–Kier alpha value is -3.28. The third-order valence-electron chi connectivity index (χ3n) is 5.24. The fourth-order valence-corrected chi connectivity index (χ4v) is 3.90. The monoisotopic (exact) mass is 388 g/mol. The quantitative estimate of drug-likeness (QED) is 0.618. The van der Waals surface area contributed by atoms with Gasteiger partial charge in [-0.15, -0.1) is 0 Å². The standard InChI is InChI=1S/C23H24N4O2/c1-15-23(16(2)29-26-15)20-14-19(24-17(3)25-20)21-10-7-13-27(21)22(28)12-11-18-8-5-4-6-9-18/h4-6,8-9,11-12,14,21H,7,10,13H2,1-3H3/b12-11+/t21-/m0/s1. The lowest BCUT2D eigenvalue weighted by molar-refractivity contribution is -0.126. The zero-order valence-corrected chi connectivity index (χ0v) is 16.9. The van der Waals surface area contributed by atoms with E-state index in [1.165, 1.54) is 0 Å². The molecule has 3 aromatic rings. The van der Waals surface area contributed by atoms with Crippen molar-refractivity contribution in [2.45, 2.75) is 39.7 Å². The first kappa shape index (κ1) is 19.1. The molecule has 0 aliphatic carbocycles. The van der Waals surface area contributed by atoms with Crippen LogP contribution in [0.2, 0.25) is 0 Å². The van der Waals surface area contributed by atoms with Crippen LogP contribution in [0.3, 0.4) is 0 Å². The molecule has 0 saturated carbocycles. The second-order valence-electron chi connectivity index (χ2n) is 7.36. The van der Waals surface area contributed by atoms with E-state index in [2.05, 4.69) is 15.1 Å². The minimum absolute atomic E-state index is 0.00603. The zero-order valence-electron chi connectivity index (χ0n) is 16.9. The number of amides is 1. The maximum Gasteiger partial charge on any atom is 0.247 e. The Morgan fingerprint density at radius 2 is 1.97 bits per heavy atom. The molecular weight excluding hydrogens is 364 g/mol. The lowest BCUT2D eigenvalue weighted by atomic mass is 10.1. The summed E-state index contributed by atoms with van der Waals surface area (Å²) in [5.41, 5.74) is 4.37. The first-order chi connectivity index (χ1) is 14.0. The molecule has 1 fully saturated rings. The summed E-state index contributed by atoms with van der Waals surface area (Å²) >= 11 is 0. The van der Waals surface area contributed by atoms with Gasteiger partial charge in [-0.25, -0.2) is 9.97 Å². The Morgan fingerprint density at radius 3 is 2.69 bits per heavy atom. The number of nitrogens with zero attached hydrogens (tertiary/aromatic N) is 4. The van der Waals surface area contributed by atoms with Crippen molar-refractivity contribution in [1.82, 2.24) is 20.0 Å². The molecule has 0 bridgehead atoms. The molecule has 2 aromatic heterocycles. The van der Waals surface area contributed by atoms with E-state index in [9.17, 15) is 4.79 Å². The maximum absolute atomic E-state index is 12.9. The van der Waals surface area contributed by atoms with Gasteiger partial charge in [0, 0.05) is 12.6 Å². The Morgan fingerprint density at radius 1 is 1.17 bits per heavy atom. The van der Waals surface area contributed by atoms with Gasteiger partial charge in [0.25, 0.3) is 0 Å². The molecular formula is C23H24N4O2. The van der Waals surface area contributed by atoms with Crippen LogP contribution in [0.1, 0.15) is 47.4 Å². The number of carbonyl (C=O) groups excluding carboxylic acids is 1. The first-order valence-corrected chi connectivity index (χ1v) is 9.85. The topological polar surface area (TPSA) is 72.1 Å². The zero-order chi connectivity index (χ0) is 20.4. The maximum atomic E-state index is 12.9. The lowest BCUT2D eigenvalue weighted by Crippen LogP contribution is -2.29. The van der Waals surface area contributed by atoms with E-state index in [0.717, 1.165) is 53.4 Å². The van der Waals surface area contributed by atoms with E-state index in [1.54, 1.807) is 6.08 Å². The molecule has 6 nitrogen and oxygen atoms in total. The molecule has 1 aliphatic heterocycles. The molecule has 148 valence electrons. The highest BCUT2D eigenvalue weighted by molar-refractivity contribution is 5.92. The van der Waals surface area contributed by atoms with Crippen LogP contribution in [0, 0.1) is 20.8 Å². The third kappa shape index (κ3) is 3.97. The molecule has 0 spiro atoms. The number of likely N-dealkylation sites (tertiary alicyclic amines) is 1. The fraction of sp³-hybridized carbons (Fsp3) is 0.304. The highest BCUT2D eigenvalue weighted by Gasteiger charge is 2.30. The van der Waals surface area contributed by atoms with Crippen molar-refractivity contribution in [2.24, 2.45) is 0 Å². The normalized spacial score (nSPS) is 16.7. The van der Waals surface area contributed by atoms with Crippen LogP contribution in [0.4, 0.5) is 0 Å². The number of rotatable bonds is 4. The summed E-state index contributed by atoms with van der Waals surface area (Å²) in [6, 6.07) is 11.8. The average molecular weight is 388 g/mol. The van der Waals surface area contributed by atoms with Crippen LogP contribution in [0.5, 0.6) is 0 Å². The highest BCUT2D eigenvalue weighted by atomic mass is 16.5. The van der Waals surface area contributed by atoms with E-state index in [-0.39, 0.29) is 11.9 Å². The summed E-state index contributed by atoms with van der Waals surface area (Å²) in [6.45, 7) is 6.39. The minimum Gasteiger partial charge on any atom is -0.361 e. The van der Waals surface area contributed by atoms with Gasteiger partial charge in [0.2, 0.25) is 5.91 Å². The van der Waals surface area contributed by atoms with Crippen molar-refractivity contribution < 1.29 is 9.32 Å². The number of carbonyl (C=O) groups is 1. The number of benzene rings is 1. The van der Waals surface area contributed by atoms with Gasteiger partial charge in [-0.2, -0.15) is 0 Å². The van der Waals surface area contributed by atoms with E-state index in [0.29, 0.717) is 5.82 Å². The van der Waals surface area contributed by atoms with Gasteiger partial charge in [-0.3, -0.25) is 4.79 Å². The number of aryl methyl sites for hydroxylation is 3. The number of hydrogen-bond donors (Lipinski definition) is 0. The van der Waals surface area contributed by atoms with E-state index >= 15 is 0 Å². The van der Waals surface area contributed by atoms with Crippen LogP contribution in [0.25, 0.3) is 17.3 Å². The molecule has 0 unspecified atom stereocenters. The summed E-state index contributed by atoms with van der Waals surface area (Å²) in [7, 11) is 0. The Balaban J connectivity index is 1.62. The summed E-state index contributed by atoms with van der Waals surface area (Å²) in [5.74, 6) is 1.42. The predicted octanol–water partition coefficient (Wildman–Crippen LogP) is 4.43. The van der Waals surface area contributed by atoms with Gasteiger partial charge in [0.05, 0.1) is 28.7 Å². The van der Waals surface area contributed by atoms with E-state index in [1.807, 2.05) is 68.1 Å². The lowest BCUT2D eigenvalue weighted by Gasteiger charge is -2.23. The second kappa shape index (κ2) is 7.99. The van der Waals surface area contributed by atoms with Crippen molar-refractivity contribution in [3.63, 3.8) is 0 Å².